The third-order valence-electron chi connectivity index (χ3n) is 2.41. The molecular formula is C12H14FN3O2. The molecule has 2 rings (SSSR count). The number of hydrogen-bond acceptors (Lipinski definition) is 4. The van der Waals surface area contributed by atoms with E-state index in [9.17, 15) is 4.39 Å². The smallest absolute Gasteiger partial charge is 0.183 e. The first-order chi connectivity index (χ1) is 8.72. The van der Waals surface area contributed by atoms with Gasteiger partial charge in [-0.1, -0.05) is 0 Å². The molecule has 1 heterocycles. The lowest BCUT2D eigenvalue weighted by molar-refractivity contribution is -0.106. The molecule has 0 amide bonds. The molecule has 0 fully saturated rings. The molecule has 0 aliphatic heterocycles. The van der Waals surface area contributed by atoms with E-state index in [1.165, 1.54) is 26.4 Å². The Morgan fingerprint density at radius 1 is 1.22 bits per heavy atom. The zero-order valence-electron chi connectivity index (χ0n) is 10.1. The maximum atomic E-state index is 13.5. The Hall–Kier alpha value is -1.92. The third kappa shape index (κ3) is 2.85. The van der Waals surface area contributed by atoms with Gasteiger partial charge in [-0.3, -0.25) is 5.10 Å². The predicted molar refractivity (Wildman–Crippen MR) is 65.0 cm³/mol. The molecule has 0 aliphatic carbocycles. The van der Waals surface area contributed by atoms with Crippen molar-refractivity contribution in [3.05, 3.63) is 42.0 Å². The van der Waals surface area contributed by atoms with Gasteiger partial charge >= 0.3 is 0 Å². The van der Waals surface area contributed by atoms with Gasteiger partial charge in [0.05, 0.1) is 11.9 Å². The SMILES string of the molecule is COC(OC)c1cc(F)cc(Nc2cn[nH]c2)c1. The van der Waals surface area contributed by atoms with Gasteiger partial charge in [0.2, 0.25) is 0 Å². The number of H-pyrrole nitrogens is 1. The van der Waals surface area contributed by atoms with Gasteiger partial charge in [0.15, 0.2) is 6.29 Å². The van der Waals surface area contributed by atoms with Crippen molar-refractivity contribution in [3.8, 4) is 0 Å². The van der Waals surface area contributed by atoms with Crippen molar-refractivity contribution in [1.82, 2.24) is 10.2 Å². The summed E-state index contributed by atoms with van der Waals surface area (Å²) in [5, 5.41) is 9.49. The molecule has 0 atom stereocenters. The Balaban J connectivity index is 2.26. The third-order valence-corrected chi connectivity index (χ3v) is 2.41. The first kappa shape index (κ1) is 12.5. The van der Waals surface area contributed by atoms with Crippen molar-refractivity contribution in [3.63, 3.8) is 0 Å². The summed E-state index contributed by atoms with van der Waals surface area (Å²) in [7, 11) is 3.00. The van der Waals surface area contributed by atoms with Crippen LogP contribution in [0.3, 0.4) is 0 Å². The highest BCUT2D eigenvalue weighted by molar-refractivity contribution is 5.58. The second-order valence-electron chi connectivity index (χ2n) is 3.69. The number of methoxy groups -OCH3 is 2. The second kappa shape index (κ2) is 5.61. The minimum atomic E-state index is -0.592. The Morgan fingerprint density at radius 2 is 2.00 bits per heavy atom. The number of aromatic nitrogens is 2. The molecule has 0 aliphatic rings. The van der Waals surface area contributed by atoms with E-state index in [0.29, 0.717) is 11.3 Å². The highest BCUT2D eigenvalue weighted by Gasteiger charge is 2.11. The minimum Gasteiger partial charge on any atom is -0.353 e. The Kier molecular flexibility index (Phi) is 3.91. The number of aromatic amines is 1. The quantitative estimate of drug-likeness (QED) is 0.802. The number of rotatable bonds is 5. The van der Waals surface area contributed by atoms with Crippen LogP contribution in [-0.2, 0) is 9.47 Å². The fourth-order valence-corrected chi connectivity index (χ4v) is 1.67. The van der Waals surface area contributed by atoms with Crippen LogP contribution in [0.2, 0.25) is 0 Å². The molecule has 0 saturated carbocycles. The molecule has 1 aromatic heterocycles. The monoisotopic (exact) mass is 251 g/mol. The van der Waals surface area contributed by atoms with E-state index >= 15 is 0 Å². The molecule has 0 radical (unpaired) electrons. The maximum absolute atomic E-state index is 13.5. The van der Waals surface area contributed by atoms with Crippen LogP contribution in [0.25, 0.3) is 0 Å². The molecular weight excluding hydrogens is 237 g/mol. The number of nitrogens with one attached hydrogen (secondary N) is 2. The highest BCUT2D eigenvalue weighted by atomic mass is 19.1. The zero-order valence-corrected chi connectivity index (χ0v) is 10.1. The van der Waals surface area contributed by atoms with Crippen molar-refractivity contribution in [2.24, 2.45) is 0 Å². The number of benzene rings is 1. The number of hydrogen-bond donors (Lipinski definition) is 2. The first-order valence-corrected chi connectivity index (χ1v) is 5.35. The number of anilines is 2. The van der Waals surface area contributed by atoms with E-state index in [1.807, 2.05) is 0 Å². The summed E-state index contributed by atoms with van der Waals surface area (Å²) in [6.45, 7) is 0. The second-order valence-corrected chi connectivity index (χ2v) is 3.69. The number of nitrogens with zero attached hydrogens (tertiary/aromatic N) is 1. The average Bonchev–Trinajstić information content (AvgIpc) is 2.83. The van der Waals surface area contributed by atoms with Crippen LogP contribution in [0.1, 0.15) is 11.9 Å². The summed E-state index contributed by atoms with van der Waals surface area (Å²) in [5.41, 5.74) is 1.95. The normalized spacial score (nSPS) is 10.9. The van der Waals surface area contributed by atoms with E-state index < -0.39 is 6.29 Å². The summed E-state index contributed by atoms with van der Waals surface area (Å²) < 4.78 is 23.7. The number of halogens is 1. The van der Waals surface area contributed by atoms with Crippen molar-refractivity contribution in [1.29, 1.82) is 0 Å². The van der Waals surface area contributed by atoms with E-state index in [1.54, 1.807) is 18.5 Å². The fraction of sp³-hybridized carbons (Fsp3) is 0.250. The fourth-order valence-electron chi connectivity index (χ4n) is 1.67. The Morgan fingerprint density at radius 3 is 2.61 bits per heavy atom. The van der Waals surface area contributed by atoms with Crippen molar-refractivity contribution in [2.75, 3.05) is 19.5 Å². The molecule has 6 heteroatoms. The molecule has 2 N–H and O–H groups in total. The van der Waals surface area contributed by atoms with Gasteiger partial charge in [-0.2, -0.15) is 5.10 Å². The van der Waals surface area contributed by atoms with Crippen LogP contribution in [0.5, 0.6) is 0 Å². The summed E-state index contributed by atoms with van der Waals surface area (Å²) in [6.07, 6.45) is 2.69. The van der Waals surface area contributed by atoms with Gasteiger partial charge in [0.1, 0.15) is 5.82 Å². The van der Waals surface area contributed by atoms with Gasteiger partial charge < -0.3 is 14.8 Å². The van der Waals surface area contributed by atoms with Crippen molar-refractivity contribution < 1.29 is 13.9 Å². The van der Waals surface area contributed by atoms with E-state index in [4.69, 9.17) is 9.47 Å². The van der Waals surface area contributed by atoms with Gasteiger partial charge in [-0.15, -0.1) is 0 Å². The molecule has 1 aromatic carbocycles. The topological polar surface area (TPSA) is 59.2 Å². The van der Waals surface area contributed by atoms with Crippen LogP contribution in [0.4, 0.5) is 15.8 Å². The van der Waals surface area contributed by atoms with Gasteiger partial charge in [-0.05, 0) is 18.2 Å². The zero-order chi connectivity index (χ0) is 13.0. The van der Waals surface area contributed by atoms with Crippen LogP contribution in [0, 0.1) is 5.82 Å². The molecule has 0 bridgehead atoms. The van der Waals surface area contributed by atoms with E-state index in [0.717, 1.165) is 5.69 Å². The van der Waals surface area contributed by atoms with Crippen LogP contribution in [-0.4, -0.2) is 24.4 Å². The molecule has 0 spiro atoms. The maximum Gasteiger partial charge on any atom is 0.183 e. The highest BCUT2D eigenvalue weighted by Crippen LogP contribution is 2.24. The summed E-state index contributed by atoms with van der Waals surface area (Å²) in [5.74, 6) is -0.363. The van der Waals surface area contributed by atoms with Crippen LogP contribution < -0.4 is 5.32 Å². The van der Waals surface area contributed by atoms with E-state index in [2.05, 4.69) is 15.5 Å². The van der Waals surface area contributed by atoms with Gasteiger partial charge in [-0.25, -0.2) is 4.39 Å². The van der Waals surface area contributed by atoms with Crippen LogP contribution >= 0.6 is 0 Å². The minimum absolute atomic E-state index is 0.363. The molecule has 0 unspecified atom stereocenters. The Bertz CT molecular complexity index is 498. The lowest BCUT2D eigenvalue weighted by atomic mass is 10.2. The summed E-state index contributed by atoms with van der Waals surface area (Å²) >= 11 is 0. The molecule has 18 heavy (non-hydrogen) atoms. The van der Waals surface area contributed by atoms with Gasteiger partial charge in [0, 0.05) is 31.7 Å². The lowest BCUT2D eigenvalue weighted by Gasteiger charge is -2.15. The predicted octanol–water partition coefficient (Wildman–Crippen LogP) is 2.58. The largest absolute Gasteiger partial charge is 0.353 e. The molecule has 2 aromatic rings. The van der Waals surface area contributed by atoms with Crippen molar-refractivity contribution >= 4 is 11.4 Å². The molecule has 0 saturated heterocycles. The molecule has 96 valence electrons. The average molecular weight is 251 g/mol. The van der Waals surface area contributed by atoms with E-state index in [-0.39, 0.29) is 5.82 Å². The standard InChI is InChI=1S/C12H14FN3O2/c1-17-12(18-2)8-3-9(13)5-10(4-8)16-11-6-14-15-7-11/h3-7,12,16H,1-2H3,(H,14,15). The van der Waals surface area contributed by atoms with Crippen LogP contribution in [0.15, 0.2) is 30.6 Å². The first-order valence-electron chi connectivity index (χ1n) is 5.35. The summed E-state index contributed by atoms with van der Waals surface area (Å²) in [4.78, 5) is 0. The summed E-state index contributed by atoms with van der Waals surface area (Å²) in [6, 6.07) is 4.52. The Labute approximate surface area is 104 Å². The van der Waals surface area contributed by atoms with Crippen molar-refractivity contribution in [2.45, 2.75) is 6.29 Å². The van der Waals surface area contributed by atoms with Gasteiger partial charge in [0.25, 0.3) is 0 Å². The number of ether oxygens (including phenoxy) is 2. The molecule has 5 nitrogen and oxygen atoms in total. The lowest BCUT2D eigenvalue weighted by Crippen LogP contribution is -2.04.